The highest BCUT2D eigenvalue weighted by Gasteiger charge is 2.28. The molecule has 4 rings (SSSR count). The van der Waals surface area contributed by atoms with Gasteiger partial charge in [0.15, 0.2) is 0 Å². The Bertz CT molecular complexity index is 1100. The molecule has 2 aromatic carbocycles. The number of ether oxygens (including phenoxy) is 4. The molecule has 0 N–H and O–H groups in total. The number of rotatable bonds is 6. The van der Waals surface area contributed by atoms with Crippen LogP contribution in [0.1, 0.15) is 43.0 Å². The van der Waals surface area contributed by atoms with Crippen molar-refractivity contribution < 1.29 is 18.9 Å². The molecular weight excluding hydrogens is 388 g/mol. The summed E-state index contributed by atoms with van der Waals surface area (Å²) in [6.07, 6.45) is 11.6. The standard InChI is InChI=1S/C27H28O4/c1-6-12-28-20-8-9-21(24(16-20)29-13-7-2)19-15-23-18(3)14-25-22(26(23)30-17-19)10-11-27(4,5)31-25/h6-12,14-16H,2,13,17H2,1,3-5H3/b12-6+. The van der Waals surface area contributed by atoms with Crippen LogP contribution in [0.3, 0.4) is 0 Å². The van der Waals surface area contributed by atoms with Gasteiger partial charge in [-0.3, -0.25) is 0 Å². The molecule has 2 aromatic rings. The summed E-state index contributed by atoms with van der Waals surface area (Å²) in [4.78, 5) is 0. The van der Waals surface area contributed by atoms with Crippen LogP contribution >= 0.6 is 0 Å². The van der Waals surface area contributed by atoms with Crippen molar-refractivity contribution in [1.82, 2.24) is 0 Å². The molecule has 0 atom stereocenters. The lowest BCUT2D eigenvalue weighted by Crippen LogP contribution is -2.28. The first-order valence-electron chi connectivity index (χ1n) is 10.5. The third-order valence-corrected chi connectivity index (χ3v) is 5.24. The molecule has 160 valence electrons. The van der Waals surface area contributed by atoms with E-state index < -0.39 is 0 Å². The van der Waals surface area contributed by atoms with Crippen LogP contribution in [0.15, 0.2) is 55.3 Å². The Labute approximate surface area is 184 Å². The fourth-order valence-electron chi connectivity index (χ4n) is 3.74. The maximum absolute atomic E-state index is 6.27. The summed E-state index contributed by atoms with van der Waals surface area (Å²) in [5.41, 5.74) is 4.87. The number of hydrogen-bond acceptors (Lipinski definition) is 4. The third-order valence-electron chi connectivity index (χ3n) is 5.24. The lowest BCUT2D eigenvalue weighted by Gasteiger charge is -2.31. The molecule has 31 heavy (non-hydrogen) atoms. The number of benzene rings is 2. The van der Waals surface area contributed by atoms with Gasteiger partial charge in [0.05, 0.1) is 11.8 Å². The van der Waals surface area contributed by atoms with Crippen LogP contribution in [-0.4, -0.2) is 18.8 Å². The number of hydrogen-bond donors (Lipinski definition) is 0. The van der Waals surface area contributed by atoms with Crippen molar-refractivity contribution in [3.63, 3.8) is 0 Å². The van der Waals surface area contributed by atoms with Crippen LogP contribution in [0.25, 0.3) is 17.7 Å². The van der Waals surface area contributed by atoms with Crippen molar-refractivity contribution in [1.29, 1.82) is 0 Å². The molecule has 4 heteroatoms. The highest BCUT2D eigenvalue weighted by atomic mass is 16.5. The van der Waals surface area contributed by atoms with Crippen molar-refractivity contribution >= 4 is 17.7 Å². The van der Waals surface area contributed by atoms with E-state index in [1.54, 1.807) is 12.3 Å². The molecule has 0 saturated carbocycles. The average molecular weight is 417 g/mol. The van der Waals surface area contributed by atoms with Gasteiger partial charge in [-0.15, -0.1) is 0 Å². The first-order chi connectivity index (χ1) is 14.9. The second kappa shape index (κ2) is 8.38. The van der Waals surface area contributed by atoms with Gasteiger partial charge in [0, 0.05) is 22.8 Å². The third kappa shape index (κ3) is 4.24. The Morgan fingerprint density at radius 3 is 2.81 bits per heavy atom. The van der Waals surface area contributed by atoms with Crippen LogP contribution in [0.2, 0.25) is 0 Å². The fourth-order valence-corrected chi connectivity index (χ4v) is 3.74. The first-order valence-corrected chi connectivity index (χ1v) is 10.5. The minimum atomic E-state index is -0.322. The zero-order valence-corrected chi connectivity index (χ0v) is 18.5. The van der Waals surface area contributed by atoms with Gasteiger partial charge in [0.25, 0.3) is 0 Å². The molecule has 0 bridgehead atoms. The Kier molecular flexibility index (Phi) is 5.64. The molecule has 0 aliphatic carbocycles. The second-order valence-corrected chi connectivity index (χ2v) is 8.19. The smallest absolute Gasteiger partial charge is 0.138 e. The van der Waals surface area contributed by atoms with Crippen LogP contribution in [0.5, 0.6) is 23.0 Å². The quantitative estimate of drug-likeness (QED) is 0.393. The highest BCUT2D eigenvalue weighted by molar-refractivity contribution is 5.91. The lowest BCUT2D eigenvalue weighted by atomic mass is 9.92. The van der Waals surface area contributed by atoms with Gasteiger partial charge in [-0.1, -0.05) is 18.7 Å². The van der Waals surface area contributed by atoms with Gasteiger partial charge in [0.1, 0.15) is 41.8 Å². The molecule has 2 aliphatic heterocycles. The minimum absolute atomic E-state index is 0.322. The minimum Gasteiger partial charge on any atom is -0.489 e. The van der Waals surface area contributed by atoms with E-state index in [-0.39, 0.29) is 5.60 Å². The zero-order chi connectivity index (χ0) is 22.0. The SMILES string of the molecule is C=CCOc1cc(O/C=C/C)ccc1C1=Cc2c(C)cc3c(c2OC1)C=CC(C)(C)O3. The predicted octanol–water partition coefficient (Wildman–Crippen LogP) is 6.59. The lowest BCUT2D eigenvalue weighted by molar-refractivity contribution is 0.158. The molecule has 0 amide bonds. The van der Waals surface area contributed by atoms with Crippen molar-refractivity contribution in [2.24, 2.45) is 0 Å². The summed E-state index contributed by atoms with van der Waals surface area (Å²) in [7, 11) is 0. The Morgan fingerprint density at radius 2 is 2.03 bits per heavy atom. The van der Waals surface area contributed by atoms with Gasteiger partial charge in [-0.2, -0.15) is 0 Å². The summed E-state index contributed by atoms with van der Waals surface area (Å²) < 4.78 is 24.0. The fraction of sp³-hybridized carbons (Fsp3) is 0.259. The average Bonchev–Trinajstić information content (AvgIpc) is 2.75. The maximum atomic E-state index is 6.27. The van der Waals surface area contributed by atoms with Gasteiger partial charge in [-0.05, 0) is 69.7 Å². The second-order valence-electron chi connectivity index (χ2n) is 8.19. The van der Waals surface area contributed by atoms with E-state index in [1.165, 1.54) is 0 Å². The van der Waals surface area contributed by atoms with E-state index in [0.29, 0.717) is 19.0 Å². The van der Waals surface area contributed by atoms with Crippen LogP contribution < -0.4 is 18.9 Å². The Morgan fingerprint density at radius 1 is 1.19 bits per heavy atom. The predicted molar refractivity (Wildman–Crippen MR) is 126 cm³/mol. The molecule has 2 aliphatic rings. The summed E-state index contributed by atoms with van der Waals surface area (Å²) in [5, 5.41) is 0. The zero-order valence-electron chi connectivity index (χ0n) is 18.5. The van der Waals surface area contributed by atoms with Crippen LogP contribution in [-0.2, 0) is 0 Å². The largest absolute Gasteiger partial charge is 0.489 e. The van der Waals surface area contributed by atoms with Crippen molar-refractivity contribution in [2.45, 2.75) is 33.3 Å². The molecule has 0 fully saturated rings. The molecular formula is C27H28O4. The van der Waals surface area contributed by atoms with E-state index in [4.69, 9.17) is 18.9 Å². The molecule has 0 unspecified atom stereocenters. The topological polar surface area (TPSA) is 36.9 Å². The first kappa shape index (κ1) is 20.9. The van der Waals surface area contributed by atoms with E-state index in [9.17, 15) is 0 Å². The van der Waals surface area contributed by atoms with Crippen LogP contribution in [0, 0.1) is 6.92 Å². The van der Waals surface area contributed by atoms with Crippen molar-refractivity contribution in [3.8, 4) is 23.0 Å². The van der Waals surface area contributed by atoms with Gasteiger partial charge < -0.3 is 18.9 Å². The van der Waals surface area contributed by atoms with Crippen molar-refractivity contribution in [3.05, 3.63) is 77.6 Å². The van der Waals surface area contributed by atoms with E-state index in [1.807, 2.05) is 31.2 Å². The van der Waals surface area contributed by atoms with Gasteiger partial charge in [0.2, 0.25) is 0 Å². The monoisotopic (exact) mass is 416 g/mol. The van der Waals surface area contributed by atoms with Crippen LogP contribution in [0.4, 0.5) is 0 Å². The van der Waals surface area contributed by atoms with E-state index in [2.05, 4.69) is 51.6 Å². The summed E-state index contributed by atoms with van der Waals surface area (Å²) in [6, 6.07) is 7.93. The Hall–Kier alpha value is -3.40. The molecule has 0 aromatic heterocycles. The molecule has 4 nitrogen and oxygen atoms in total. The molecule has 2 heterocycles. The van der Waals surface area contributed by atoms with E-state index in [0.717, 1.165) is 45.1 Å². The summed E-state index contributed by atoms with van der Waals surface area (Å²) in [6.45, 7) is 12.7. The maximum Gasteiger partial charge on any atom is 0.138 e. The van der Waals surface area contributed by atoms with Gasteiger partial charge in [-0.25, -0.2) is 0 Å². The number of fused-ring (bicyclic) bond motifs is 3. The number of aryl methyl sites for hydroxylation is 1. The number of allylic oxidation sites excluding steroid dienone is 1. The summed E-state index contributed by atoms with van der Waals surface area (Å²) in [5.74, 6) is 3.18. The molecule has 0 saturated heterocycles. The molecule has 0 spiro atoms. The normalized spacial score (nSPS) is 15.9. The summed E-state index contributed by atoms with van der Waals surface area (Å²) >= 11 is 0. The highest BCUT2D eigenvalue weighted by Crippen LogP contribution is 2.45. The molecule has 0 radical (unpaired) electrons. The van der Waals surface area contributed by atoms with Gasteiger partial charge >= 0.3 is 0 Å². The van der Waals surface area contributed by atoms with Crippen molar-refractivity contribution in [2.75, 3.05) is 13.2 Å². The Balaban J connectivity index is 1.76. The van der Waals surface area contributed by atoms with E-state index >= 15 is 0 Å².